The van der Waals surface area contributed by atoms with Crippen molar-refractivity contribution < 1.29 is 19.2 Å². The fourth-order valence-electron chi connectivity index (χ4n) is 2.32. The van der Waals surface area contributed by atoms with Crippen LogP contribution in [0.25, 0.3) is 0 Å². The monoisotopic (exact) mass is 333 g/mol. The third kappa shape index (κ3) is 4.56. The molecule has 1 aromatic carbocycles. The summed E-state index contributed by atoms with van der Waals surface area (Å²) in [4.78, 5) is 22.3. The summed E-state index contributed by atoms with van der Waals surface area (Å²) >= 11 is 0. The Kier molecular flexibility index (Phi) is 5.54. The van der Waals surface area contributed by atoms with Crippen molar-refractivity contribution in [3.05, 3.63) is 58.0 Å². The van der Waals surface area contributed by atoms with Crippen LogP contribution in [-0.2, 0) is 0 Å². The lowest BCUT2D eigenvalue weighted by molar-refractivity contribution is -0.385. The van der Waals surface area contributed by atoms with E-state index in [-0.39, 0.29) is 11.7 Å². The van der Waals surface area contributed by atoms with E-state index in [1.54, 1.807) is 26.0 Å². The Morgan fingerprint density at radius 2 is 2.17 bits per heavy atom. The quantitative estimate of drug-likeness (QED) is 0.554. The van der Waals surface area contributed by atoms with Crippen LogP contribution in [0, 0.1) is 17.0 Å². The summed E-state index contributed by atoms with van der Waals surface area (Å²) in [6.07, 6.45) is 0.956. The van der Waals surface area contributed by atoms with E-state index in [9.17, 15) is 20.0 Å². The maximum absolute atomic E-state index is 12.0. The number of aryl methyl sites for hydroxylation is 1. The van der Waals surface area contributed by atoms with Crippen LogP contribution >= 0.6 is 0 Å². The van der Waals surface area contributed by atoms with E-state index in [4.69, 9.17) is 4.42 Å². The van der Waals surface area contributed by atoms with Gasteiger partial charge in [0, 0.05) is 29.8 Å². The molecular formula is C16H19N3O5. The summed E-state index contributed by atoms with van der Waals surface area (Å²) in [6.45, 7) is 3.36. The highest BCUT2D eigenvalue weighted by atomic mass is 16.6. The van der Waals surface area contributed by atoms with Gasteiger partial charge >= 0.3 is 6.03 Å². The number of carbonyl (C=O) groups excluding carboxylic acids is 1. The van der Waals surface area contributed by atoms with Crippen molar-refractivity contribution in [2.45, 2.75) is 32.4 Å². The van der Waals surface area contributed by atoms with Gasteiger partial charge in [-0.05, 0) is 38.1 Å². The fraction of sp³-hybridized carbons (Fsp3) is 0.312. The molecule has 128 valence electrons. The molecule has 0 aliphatic rings. The summed E-state index contributed by atoms with van der Waals surface area (Å²) in [5, 5.41) is 26.1. The van der Waals surface area contributed by atoms with Crippen molar-refractivity contribution in [2.24, 2.45) is 0 Å². The smallest absolute Gasteiger partial charge is 0.319 e. The number of aliphatic hydroxyl groups excluding tert-OH is 1. The number of hydrogen-bond donors (Lipinski definition) is 3. The summed E-state index contributed by atoms with van der Waals surface area (Å²) in [6, 6.07) is 6.92. The first-order valence-electron chi connectivity index (χ1n) is 7.41. The molecule has 3 N–H and O–H groups in total. The van der Waals surface area contributed by atoms with Crippen molar-refractivity contribution in [2.75, 3.05) is 5.32 Å². The lowest BCUT2D eigenvalue weighted by Gasteiger charge is -2.17. The second-order valence-electron chi connectivity index (χ2n) is 5.52. The highest BCUT2D eigenvalue weighted by molar-refractivity contribution is 5.89. The summed E-state index contributed by atoms with van der Waals surface area (Å²) in [7, 11) is 0. The highest BCUT2D eigenvalue weighted by Gasteiger charge is 2.17. The van der Waals surface area contributed by atoms with Gasteiger partial charge in [-0.15, -0.1) is 0 Å². The number of nitro groups is 1. The Hall–Kier alpha value is -2.87. The van der Waals surface area contributed by atoms with Gasteiger partial charge in [0.2, 0.25) is 0 Å². The van der Waals surface area contributed by atoms with Crippen molar-refractivity contribution in [1.82, 2.24) is 5.32 Å². The number of hydrogen-bond acceptors (Lipinski definition) is 5. The van der Waals surface area contributed by atoms with Gasteiger partial charge in [0.15, 0.2) is 0 Å². The van der Waals surface area contributed by atoms with Crippen LogP contribution in [0.1, 0.15) is 30.8 Å². The number of urea groups is 1. The molecular weight excluding hydrogens is 314 g/mol. The minimum absolute atomic E-state index is 0.00380. The molecule has 0 aliphatic heterocycles. The van der Waals surface area contributed by atoms with Gasteiger partial charge in [-0.2, -0.15) is 0 Å². The molecule has 2 aromatic rings. The number of benzene rings is 1. The van der Waals surface area contributed by atoms with E-state index in [2.05, 4.69) is 10.6 Å². The molecule has 2 rings (SSSR count). The summed E-state index contributed by atoms with van der Waals surface area (Å²) < 4.78 is 5.11. The van der Waals surface area contributed by atoms with Crippen molar-refractivity contribution in [3.8, 4) is 0 Å². The first-order valence-corrected chi connectivity index (χ1v) is 7.41. The Labute approximate surface area is 138 Å². The van der Waals surface area contributed by atoms with E-state index < -0.39 is 17.1 Å². The highest BCUT2D eigenvalue weighted by Crippen LogP contribution is 2.22. The Balaban J connectivity index is 1.88. The van der Waals surface area contributed by atoms with Gasteiger partial charge in [-0.1, -0.05) is 0 Å². The largest absolute Gasteiger partial charge is 0.467 e. The second-order valence-corrected chi connectivity index (χ2v) is 5.52. The first-order chi connectivity index (χ1) is 11.4. The molecule has 0 radical (unpaired) electrons. The lowest BCUT2D eigenvalue weighted by Crippen LogP contribution is -2.37. The molecule has 0 bridgehead atoms. The Bertz CT molecular complexity index is 715. The molecule has 2 amide bonds. The van der Waals surface area contributed by atoms with Crippen molar-refractivity contribution >= 4 is 17.4 Å². The molecule has 0 unspecified atom stereocenters. The number of rotatable bonds is 6. The SMILES string of the molecule is Cc1cc(NC(=O)N[C@@H](C)C[C@@H](O)c2ccco2)ccc1[N+](=O)[O-]. The summed E-state index contributed by atoms with van der Waals surface area (Å²) in [5.74, 6) is 0.440. The van der Waals surface area contributed by atoms with E-state index in [1.807, 2.05) is 0 Å². The van der Waals surface area contributed by atoms with Crippen molar-refractivity contribution in [1.29, 1.82) is 0 Å². The number of anilines is 1. The Morgan fingerprint density at radius 3 is 2.75 bits per heavy atom. The zero-order chi connectivity index (χ0) is 17.7. The fourth-order valence-corrected chi connectivity index (χ4v) is 2.32. The zero-order valence-electron chi connectivity index (χ0n) is 13.4. The van der Waals surface area contributed by atoms with Gasteiger partial charge in [-0.3, -0.25) is 10.1 Å². The van der Waals surface area contributed by atoms with Gasteiger partial charge in [0.1, 0.15) is 11.9 Å². The molecule has 8 heteroatoms. The second kappa shape index (κ2) is 7.60. The van der Waals surface area contributed by atoms with Gasteiger partial charge in [0.05, 0.1) is 11.2 Å². The van der Waals surface area contributed by atoms with E-state index in [1.165, 1.54) is 24.5 Å². The van der Waals surface area contributed by atoms with Crippen LogP contribution in [-0.4, -0.2) is 22.1 Å². The minimum Gasteiger partial charge on any atom is -0.467 e. The van der Waals surface area contributed by atoms with Crippen LogP contribution in [0.2, 0.25) is 0 Å². The molecule has 0 saturated carbocycles. The lowest BCUT2D eigenvalue weighted by atomic mass is 10.1. The molecule has 2 atom stereocenters. The number of carbonyl (C=O) groups is 1. The van der Waals surface area contributed by atoms with Crippen LogP contribution in [0.5, 0.6) is 0 Å². The topological polar surface area (TPSA) is 118 Å². The predicted octanol–water partition coefficient (Wildman–Crippen LogP) is 3.13. The average molecular weight is 333 g/mol. The zero-order valence-corrected chi connectivity index (χ0v) is 13.4. The first kappa shape index (κ1) is 17.5. The predicted molar refractivity (Wildman–Crippen MR) is 87.7 cm³/mol. The summed E-state index contributed by atoms with van der Waals surface area (Å²) in [5.41, 5.74) is 0.907. The number of nitro benzene ring substituents is 1. The van der Waals surface area contributed by atoms with Gasteiger partial charge < -0.3 is 20.2 Å². The van der Waals surface area contributed by atoms with Crippen LogP contribution in [0.4, 0.5) is 16.2 Å². The maximum Gasteiger partial charge on any atom is 0.319 e. The number of amides is 2. The number of furan rings is 1. The van der Waals surface area contributed by atoms with Gasteiger partial charge in [0.25, 0.3) is 5.69 Å². The molecule has 8 nitrogen and oxygen atoms in total. The third-order valence-electron chi connectivity index (χ3n) is 3.48. The number of aliphatic hydroxyl groups is 1. The maximum atomic E-state index is 12.0. The minimum atomic E-state index is -0.808. The Morgan fingerprint density at radius 1 is 1.42 bits per heavy atom. The normalized spacial score (nSPS) is 13.1. The van der Waals surface area contributed by atoms with E-state index >= 15 is 0 Å². The average Bonchev–Trinajstić information content (AvgIpc) is 3.00. The molecule has 0 aliphatic carbocycles. The molecule has 0 saturated heterocycles. The molecule has 1 heterocycles. The van der Waals surface area contributed by atoms with Crippen LogP contribution in [0.15, 0.2) is 41.0 Å². The van der Waals surface area contributed by atoms with Crippen LogP contribution in [0.3, 0.4) is 0 Å². The van der Waals surface area contributed by atoms with E-state index in [0.717, 1.165) is 0 Å². The third-order valence-corrected chi connectivity index (χ3v) is 3.48. The van der Waals surface area contributed by atoms with E-state index in [0.29, 0.717) is 23.4 Å². The number of nitrogens with one attached hydrogen (secondary N) is 2. The van der Waals surface area contributed by atoms with Crippen LogP contribution < -0.4 is 10.6 Å². The molecule has 0 spiro atoms. The van der Waals surface area contributed by atoms with Crippen molar-refractivity contribution in [3.63, 3.8) is 0 Å². The molecule has 24 heavy (non-hydrogen) atoms. The van der Waals surface area contributed by atoms with Gasteiger partial charge in [-0.25, -0.2) is 4.79 Å². The number of nitrogens with zero attached hydrogens (tertiary/aromatic N) is 1. The standard InChI is InChI=1S/C16H19N3O5/c1-10-8-12(5-6-13(10)19(22)23)18-16(21)17-11(2)9-14(20)15-4-3-7-24-15/h3-8,11,14,20H,9H2,1-2H3,(H2,17,18,21)/t11-,14+/m0/s1. The molecule has 0 fully saturated rings. The molecule has 1 aromatic heterocycles.